The van der Waals surface area contributed by atoms with E-state index < -0.39 is 10.0 Å². The number of hydrogen-bond donors (Lipinski definition) is 1. The van der Waals surface area contributed by atoms with Crippen molar-refractivity contribution in [2.45, 2.75) is 20.3 Å². The summed E-state index contributed by atoms with van der Waals surface area (Å²) in [5.41, 5.74) is 1.41. The summed E-state index contributed by atoms with van der Waals surface area (Å²) in [6.07, 6.45) is 1.96. The third-order valence-corrected chi connectivity index (χ3v) is 4.38. The van der Waals surface area contributed by atoms with Gasteiger partial charge in [0.2, 0.25) is 10.0 Å². The van der Waals surface area contributed by atoms with Gasteiger partial charge in [-0.2, -0.15) is 0 Å². The third kappa shape index (κ3) is 3.95. The van der Waals surface area contributed by atoms with Crippen LogP contribution in [0.5, 0.6) is 0 Å². The molecule has 1 aromatic carbocycles. The molecule has 1 heterocycles. The first kappa shape index (κ1) is 15.3. The molecule has 0 amide bonds. The Hall–Kier alpha value is -2.08. The SMILES string of the molecule is CCCS(=O)(=O)Nc1ccc(C(=O)c2coc(C)c2)cc1. The zero-order valence-electron chi connectivity index (χ0n) is 11.9. The van der Waals surface area contributed by atoms with E-state index in [2.05, 4.69) is 4.72 Å². The van der Waals surface area contributed by atoms with Gasteiger partial charge in [0.05, 0.1) is 11.3 Å². The van der Waals surface area contributed by atoms with Crippen molar-refractivity contribution in [3.63, 3.8) is 0 Å². The maximum atomic E-state index is 12.2. The van der Waals surface area contributed by atoms with Crippen LogP contribution in [0.4, 0.5) is 5.69 Å². The molecule has 0 bridgehead atoms. The monoisotopic (exact) mass is 307 g/mol. The van der Waals surface area contributed by atoms with E-state index in [0.29, 0.717) is 29.0 Å². The second-order valence-corrected chi connectivity index (χ2v) is 6.62. The Bertz CT molecular complexity index is 729. The highest BCUT2D eigenvalue weighted by molar-refractivity contribution is 7.92. The van der Waals surface area contributed by atoms with Crippen molar-refractivity contribution in [2.24, 2.45) is 0 Å². The van der Waals surface area contributed by atoms with E-state index in [1.165, 1.54) is 6.26 Å². The lowest BCUT2D eigenvalue weighted by molar-refractivity contribution is 0.103. The van der Waals surface area contributed by atoms with Crippen LogP contribution in [-0.2, 0) is 10.0 Å². The van der Waals surface area contributed by atoms with Crippen LogP contribution in [0.2, 0.25) is 0 Å². The van der Waals surface area contributed by atoms with Crippen molar-refractivity contribution in [3.8, 4) is 0 Å². The van der Waals surface area contributed by atoms with Crippen LogP contribution in [0.25, 0.3) is 0 Å². The van der Waals surface area contributed by atoms with Gasteiger partial charge in [0.25, 0.3) is 0 Å². The average molecular weight is 307 g/mol. The summed E-state index contributed by atoms with van der Waals surface area (Å²) < 4.78 is 30.9. The van der Waals surface area contributed by atoms with E-state index in [1.807, 2.05) is 0 Å². The van der Waals surface area contributed by atoms with Gasteiger partial charge in [-0.25, -0.2) is 8.42 Å². The number of hydrogen-bond acceptors (Lipinski definition) is 4. The molecule has 0 fully saturated rings. The van der Waals surface area contributed by atoms with Gasteiger partial charge in [0, 0.05) is 11.3 Å². The molecule has 0 radical (unpaired) electrons. The minimum absolute atomic E-state index is 0.0714. The van der Waals surface area contributed by atoms with E-state index in [0.717, 1.165) is 0 Å². The highest BCUT2D eigenvalue weighted by Crippen LogP contribution is 2.16. The lowest BCUT2D eigenvalue weighted by Gasteiger charge is -2.07. The highest BCUT2D eigenvalue weighted by atomic mass is 32.2. The van der Waals surface area contributed by atoms with Crippen LogP contribution in [0, 0.1) is 6.92 Å². The first-order valence-electron chi connectivity index (χ1n) is 6.61. The molecular formula is C15H17NO4S. The maximum absolute atomic E-state index is 12.2. The third-order valence-electron chi connectivity index (χ3n) is 2.89. The quantitative estimate of drug-likeness (QED) is 0.832. The topological polar surface area (TPSA) is 76.4 Å². The van der Waals surface area contributed by atoms with Gasteiger partial charge in [0.15, 0.2) is 5.78 Å². The Balaban J connectivity index is 2.14. The number of carbonyl (C=O) groups excluding carboxylic acids is 1. The first-order chi connectivity index (χ1) is 9.91. The number of furan rings is 1. The van der Waals surface area contributed by atoms with E-state index in [-0.39, 0.29) is 11.5 Å². The zero-order chi connectivity index (χ0) is 15.5. The van der Waals surface area contributed by atoms with Gasteiger partial charge in [-0.05, 0) is 43.7 Å². The van der Waals surface area contributed by atoms with Crippen molar-refractivity contribution < 1.29 is 17.6 Å². The minimum Gasteiger partial charge on any atom is -0.469 e. The summed E-state index contributed by atoms with van der Waals surface area (Å²) in [6, 6.07) is 8.00. The predicted molar refractivity (Wildman–Crippen MR) is 81.0 cm³/mol. The fraction of sp³-hybridized carbons (Fsp3) is 0.267. The fourth-order valence-corrected chi connectivity index (χ4v) is 3.05. The van der Waals surface area contributed by atoms with Crippen LogP contribution in [0.3, 0.4) is 0 Å². The molecule has 0 spiro atoms. The number of aryl methyl sites for hydroxylation is 1. The molecule has 0 aliphatic rings. The van der Waals surface area contributed by atoms with Crippen molar-refractivity contribution in [2.75, 3.05) is 10.5 Å². The molecule has 1 aromatic heterocycles. The molecule has 0 atom stereocenters. The van der Waals surface area contributed by atoms with Gasteiger partial charge in [0.1, 0.15) is 12.0 Å². The number of anilines is 1. The second kappa shape index (κ2) is 6.13. The smallest absolute Gasteiger partial charge is 0.232 e. The zero-order valence-corrected chi connectivity index (χ0v) is 12.7. The largest absolute Gasteiger partial charge is 0.469 e. The molecule has 21 heavy (non-hydrogen) atoms. The maximum Gasteiger partial charge on any atom is 0.232 e. The second-order valence-electron chi connectivity index (χ2n) is 4.77. The molecule has 1 N–H and O–H groups in total. The van der Waals surface area contributed by atoms with Crippen LogP contribution in [0.15, 0.2) is 41.0 Å². The Morgan fingerprint density at radius 3 is 2.38 bits per heavy atom. The number of carbonyl (C=O) groups is 1. The Morgan fingerprint density at radius 1 is 1.19 bits per heavy atom. The average Bonchev–Trinajstić information content (AvgIpc) is 2.85. The van der Waals surface area contributed by atoms with Crippen LogP contribution in [0.1, 0.15) is 35.0 Å². The summed E-state index contributed by atoms with van der Waals surface area (Å²) >= 11 is 0. The van der Waals surface area contributed by atoms with Crippen LogP contribution < -0.4 is 4.72 Å². The van der Waals surface area contributed by atoms with Gasteiger partial charge in [-0.3, -0.25) is 9.52 Å². The number of ketones is 1. The van der Waals surface area contributed by atoms with E-state index in [4.69, 9.17) is 4.42 Å². The molecule has 0 aliphatic carbocycles. The molecule has 2 rings (SSSR count). The Morgan fingerprint density at radius 2 is 1.86 bits per heavy atom. The van der Waals surface area contributed by atoms with Crippen molar-refractivity contribution in [3.05, 3.63) is 53.5 Å². The highest BCUT2D eigenvalue weighted by Gasteiger charge is 2.13. The standard InChI is InChI=1S/C15H17NO4S/c1-3-8-21(18,19)16-14-6-4-12(5-7-14)15(17)13-9-11(2)20-10-13/h4-7,9-10,16H,3,8H2,1-2H3. The van der Waals surface area contributed by atoms with Crippen molar-refractivity contribution in [1.29, 1.82) is 0 Å². The fourth-order valence-electron chi connectivity index (χ4n) is 1.92. The van der Waals surface area contributed by atoms with Crippen LogP contribution in [-0.4, -0.2) is 20.0 Å². The predicted octanol–water partition coefficient (Wildman–Crippen LogP) is 2.97. The van der Waals surface area contributed by atoms with Gasteiger partial charge in [-0.1, -0.05) is 6.92 Å². The van der Waals surface area contributed by atoms with Gasteiger partial charge >= 0.3 is 0 Å². The van der Waals surface area contributed by atoms with Crippen LogP contribution >= 0.6 is 0 Å². The first-order valence-corrected chi connectivity index (χ1v) is 8.27. The number of sulfonamides is 1. The van der Waals surface area contributed by atoms with E-state index >= 15 is 0 Å². The normalized spacial score (nSPS) is 11.3. The Labute approximate surface area is 124 Å². The molecule has 0 aliphatic heterocycles. The summed E-state index contributed by atoms with van der Waals surface area (Å²) in [7, 11) is -3.32. The number of nitrogens with one attached hydrogen (secondary N) is 1. The summed E-state index contributed by atoms with van der Waals surface area (Å²) in [5, 5.41) is 0. The molecule has 6 heteroatoms. The molecule has 112 valence electrons. The summed E-state index contributed by atoms with van der Waals surface area (Å²) in [5.74, 6) is 0.583. The van der Waals surface area contributed by atoms with Gasteiger partial charge in [-0.15, -0.1) is 0 Å². The summed E-state index contributed by atoms with van der Waals surface area (Å²) in [4.78, 5) is 12.2. The minimum atomic E-state index is -3.32. The molecule has 0 saturated heterocycles. The summed E-state index contributed by atoms with van der Waals surface area (Å²) in [6.45, 7) is 3.57. The number of rotatable bonds is 6. The van der Waals surface area contributed by atoms with Crippen molar-refractivity contribution in [1.82, 2.24) is 0 Å². The molecular weight excluding hydrogens is 290 g/mol. The molecule has 5 nitrogen and oxygen atoms in total. The number of benzene rings is 1. The lowest BCUT2D eigenvalue weighted by atomic mass is 10.1. The van der Waals surface area contributed by atoms with Crippen molar-refractivity contribution >= 4 is 21.5 Å². The lowest BCUT2D eigenvalue weighted by Crippen LogP contribution is -2.16. The Kier molecular flexibility index (Phi) is 4.47. The van der Waals surface area contributed by atoms with E-state index in [9.17, 15) is 13.2 Å². The molecule has 2 aromatic rings. The molecule has 0 unspecified atom stereocenters. The molecule has 0 saturated carbocycles. The van der Waals surface area contributed by atoms with E-state index in [1.54, 1.807) is 44.2 Å². The van der Waals surface area contributed by atoms with Gasteiger partial charge < -0.3 is 4.42 Å².